The SMILES string of the molecule is Cc1cc(-c2c(C)cc(C3CC3)cc2C)cc(C(CC(=O)O)NC(=O)OC(C)(C)C)c1F. The van der Waals surface area contributed by atoms with Gasteiger partial charge in [0.25, 0.3) is 0 Å². The fraction of sp³-hybridized carbons (Fsp3) is 0.462. The summed E-state index contributed by atoms with van der Waals surface area (Å²) < 4.78 is 20.5. The first-order valence-electron chi connectivity index (χ1n) is 11.0. The number of aryl methyl sites for hydroxylation is 3. The van der Waals surface area contributed by atoms with Crippen LogP contribution < -0.4 is 5.32 Å². The minimum atomic E-state index is -1.14. The number of carboxylic acids is 1. The van der Waals surface area contributed by atoms with Crippen LogP contribution in [0.15, 0.2) is 24.3 Å². The summed E-state index contributed by atoms with van der Waals surface area (Å²) in [6.45, 7) is 10.9. The third-order valence-corrected chi connectivity index (χ3v) is 5.62. The van der Waals surface area contributed by atoms with Crippen molar-refractivity contribution in [1.82, 2.24) is 5.32 Å². The minimum Gasteiger partial charge on any atom is -0.481 e. The number of halogens is 1. The number of aliphatic carboxylic acids is 1. The molecule has 1 aliphatic carbocycles. The van der Waals surface area contributed by atoms with Crippen LogP contribution in [0.25, 0.3) is 11.1 Å². The van der Waals surface area contributed by atoms with Crippen LogP contribution in [0.2, 0.25) is 0 Å². The van der Waals surface area contributed by atoms with Gasteiger partial charge >= 0.3 is 12.1 Å². The number of carboxylic acid groups (broad SMARTS) is 1. The second kappa shape index (κ2) is 8.93. The van der Waals surface area contributed by atoms with E-state index in [1.54, 1.807) is 39.8 Å². The Balaban J connectivity index is 2.04. The Morgan fingerprint density at radius 2 is 1.69 bits per heavy atom. The van der Waals surface area contributed by atoms with Crippen molar-refractivity contribution in [3.63, 3.8) is 0 Å². The molecule has 0 aliphatic heterocycles. The average molecular weight is 442 g/mol. The largest absolute Gasteiger partial charge is 0.481 e. The second-order valence-electron chi connectivity index (χ2n) is 9.80. The van der Waals surface area contributed by atoms with E-state index in [0.717, 1.165) is 22.3 Å². The van der Waals surface area contributed by atoms with Gasteiger partial charge in [0.05, 0.1) is 12.5 Å². The molecule has 0 aromatic heterocycles. The van der Waals surface area contributed by atoms with Gasteiger partial charge in [-0.3, -0.25) is 4.79 Å². The maximum absolute atomic E-state index is 15.2. The number of carbonyl (C=O) groups excluding carboxylic acids is 1. The third-order valence-electron chi connectivity index (χ3n) is 5.62. The van der Waals surface area contributed by atoms with Crippen LogP contribution in [0.1, 0.15) is 79.8 Å². The number of hydrogen-bond donors (Lipinski definition) is 2. The van der Waals surface area contributed by atoms with Crippen LogP contribution in [0.3, 0.4) is 0 Å². The summed E-state index contributed by atoms with van der Waals surface area (Å²) in [5.74, 6) is -1.04. The quantitative estimate of drug-likeness (QED) is 0.549. The van der Waals surface area contributed by atoms with E-state index in [4.69, 9.17) is 4.74 Å². The van der Waals surface area contributed by atoms with E-state index in [1.807, 2.05) is 13.8 Å². The standard InChI is InChI=1S/C26H32FNO4/c1-14-9-18(17-7-8-17)10-15(2)23(14)19-11-16(3)24(27)20(12-19)21(13-22(29)30)28-25(31)32-26(4,5)6/h9-12,17,21H,7-8,13H2,1-6H3,(H,28,31)(H,29,30). The first-order chi connectivity index (χ1) is 14.9. The molecule has 0 heterocycles. The number of rotatable bonds is 6. The number of ether oxygens (including phenoxy) is 1. The first kappa shape index (κ1) is 23.8. The van der Waals surface area contributed by atoms with Gasteiger partial charge in [-0.05, 0) is 106 Å². The van der Waals surface area contributed by atoms with Gasteiger partial charge in [-0.15, -0.1) is 0 Å². The zero-order chi connectivity index (χ0) is 23.8. The molecule has 1 fully saturated rings. The molecule has 0 saturated heterocycles. The summed E-state index contributed by atoms with van der Waals surface area (Å²) >= 11 is 0. The second-order valence-corrected chi connectivity index (χ2v) is 9.80. The van der Waals surface area contributed by atoms with Crippen LogP contribution in [0.5, 0.6) is 0 Å². The lowest BCUT2D eigenvalue weighted by Gasteiger charge is -2.24. The topological polar surface area (TPSA) is 75.6 Å². The van der Waals surface area contributed by atoms with Crippen LogP contribution >= 0.6 is 0 Å². The molecule has 2 aromatic carbocycles. The molecule has 2 N–H and O–H groups in total. The Hall–Kier alpha value is -2.89. The smallest absolute Gasteiger partial charge is 0.408 e. The van der Waals surface area contributed by atoms with Gasteiger partial charge in [0.15, 0.2) is 0 Å². The third kappa shape index (κ3) is 5.67. The summed E-state index contributed by atoms with van der Waals surface area (Å²) in [4.78, 5) is 23.8. The molecule has 0 radical (unpaired) electrons. The van der Waals surface area contributed by atoms with E-state index in [2.05, 4.69) is 17.4 Å². The lowest BCUT2D eigenvalue weighted by molar-refractivity contribution is -0.137. The molecule has 1 unspecified atom stereocenters. The molecule has 3 rings (SSSR count). The zero-order valence-corrected chi connectivity index (χ0v) is 19.6. The fourth-order valence-corrected chi connectivity index (χ4v) is 4.16. The van der Waals surface area contributed by atoms with Gasteiger partial charge in [-0.2, -0.15) is 0 Å². The van der Waals surface area contributed by atoms with Crippen molar-refractivity contribution in [3.05, 3.63) is 57.9 Å². The molecule has 1 atom stereocenters. The van der Waals surface area contributed by atoms with E-state index in [9.17, 15) is 14.7 Å². The van der Waals surface area contributed by atoms with Crippen molar-refractivity contribution in [2.45, 2.75) is 78.4 Å². The molecule has 1 amide bonds. The molecule has 1 saturated carbocycles. The molecule has 1 aliphatic rings. The van der Waals surface area contributed by atoms with Crippen LogP contribution in [0.4, 0.5) is 9.18 Å². The van der Waals surface area contributed by atoms with E-state index >= 15 is 4.39 Å². The lowest BCUT2D eigenvalue weighted by atomic mass is 9.89. The maximum atomic E-state index is 15.2. The summed E-state index contributed by atoms with van der Waals surface area (Å²) in [6.07, 6.45) is 1.18. The molecular weight excluding hydrogens is 409 g/mol. The Bertz CT molecular complexity index is 1030. The molecule has 32 heavy (non-hydrogen) atoms. The Morgan fingerprint density at radius 3 is 2.19 bits per heavy atom. The summed E-state index contributed by atoms with van der Waals surface area (Å²) in [6, 6.07) is 6.74. The Morgan fingerprint density at radius 1 is 1.09 bits per heavy atom. The lowest BCUT2D eigenvalue weighted by Crippen LogP contribution is -2.36. The normalized spacial score (nSPS) is 14.7. The molecule has 2 aromatic rings. The van der Waals surface area contributed by atoms with Gasteiger partial charge < -0.3 is 15.2 Å². The highest BCUT2D eigenvalue weighted by Gasteiger charge is 2.27. The number of alkyl carbamates (subject to hydrolysis) is 1. The van der Waals surface area contributed by atoms with E-state index < -0.39 is 35.9 Å². The zero-order valence-electron chi connectivity index (χ0n) is 19.6. The van der Waals surface area contributed by atoms with Crippen molar-refractivity contribution in [3.8, 4) is 11.1 Å². The predicted molar refractivity (Wildman–Crippen MR) is 122 cm³/mol. The van der Waals surface area contributed by atoms with Crippen molar-refractivity contribution in [1.29, 1.82) is 0 Å². The van der Waals surface area contributed by atoms with Crippen molar-refractivity contribution < 1.29 is 23.8 Å². The Kier molecular flexibility index (Phi) is 6.63. The highest BCUT2D eigenvalue weighted by Crippen LogP contribution is 2.43. The van der Waals surface area contributed by atoms with Crippen LogP contribution in [-0.2, 0) is 9.53 Å². The summed E-state index contributed by atoms with van der Waals surface area (Å²) in [5.41, 5.74) is 5.10. The van der Waals surface area contributed by atoms with E-state index in [0.29, 0.717) is 11.5 Å². The predicted octanol–water partition coefficient (Wildman–Crippen LogP) is 6.34. The number of carbonyl (C=O) groups is 2. The van der Waals surface area contributed by atoms with Gasteiger partial charge in [-0.1, -0.05) is 12.1 Å². The molecule has 0 bridgehead atoms. The summed E-state index contributed by atoms with van der Waals surface area (Å²) in [7, 11) is 0. The minimum absolute atomic E-state index is 0.137. The van der Waals surface area contributed by atoms with Crippen molar-refractivity contribution >= 4 is 12.1 Å². The monoisotopic (exact) mass is 441 g/mol. The number of nitrogens with one attached hydrogen (secondary N) is 1. The van der Waals surface area contributed by atoms with Crippen molar-refractivity contribution in [2.75, 3.05) is 0 Å². The van der Waals surface area contributed by atoms with Gasteiger partial charge in [-0.25, -0.2) is 9.18 Å². The van der Waals surface area contributed by atoms with E-state index in [-0.39, 0.29) is 5.56 Å². The number of benzene rings is 2. The molecule has 172 valence electrons. The van der Waals surface area contributed by atoms with Crippen LogP contribution in [0, 0.1) is 26.6 Å². The highest BCUT2D eigenvalue weighted by molar-refractivity contribution is 5.75. The first-order valence-corrected chi connectivity index (χ1v) is 11.0. The van der Waals surface area contributed by atoms with Gasteiger partial charge in [0, 0.05) is 5.56 Å². The van der Waals surface area contributed by atoms with Crippen LogP contribution in [-0.4, -0.2) is 22.8 Å². The number of hydrogen-bond acceptors (Lipinski definition) is 3. The van der Waals surface area contributed by atoms with E-state index in [1.165, 1.54) is 18.4 Å². The van der Waals surface area contributed by atoms with Crippen molar-refractivity contribution in [2.24, 2.45) is 0 Å². The maximum Gasteiger partial charge on any atom is 0.408 e. The molecule has 5 nitrogen and oxygen atoms in total. The molecule has 0 spiro atoms. The number of amides is 1. The van der Waals surface area contributed by atoms with Gasteiger partial charge in [0.1, 0.15) is 11.4 Å². The average Bonchev–Trinajstić information content (AvgIpc) is 3.46. The molecule has 6 heteroatoms. The highest BCUT2D eigenvalue weighted by atomic mass is 19.1. The molecular formula is C26H32FNO4. The Labute approximate surface area is 189 Å². The van der Waals surface area contributed by atoms with Gasteiger partial charge in [0.2, 0.25) is 0 Å². The summed E-state index contributed by atoms with van der Waals surface area (Å²) in [5, 5.41) is 11.9. The fourth-order valence-electron chi connectivity index (χ4n) is 4.16.